The first-order valence-corrected chi connectivity index (χ1v) is 4.87. The van der Waals surface area contributed by atoms with Crippen molar-refractivity contribution in [1.82, 2.24) is 4.98 Å². The van der Waals surface area contributed by atoms with Crippen molar-refractivity contribution in [3.63, 3.8) is 0 Å². The van der Waals surface area contributed by atoms with Crippen LogP contribution in [0.5, 0.6) is 0 Å². The average Bonchev–Trinajstić information content (AvgIpc) is 2.56. The van der Waals surface area contributed by atoms with Gasteiger partial charge in [0, 0.05) is 5.39 Å². The highest BCUT2D eigenvalue weighted by molar-refractivity contribution is 9.10. The average molecular weight is 254 g/mol. The molecule has 1 aromatic heterocycles. The van der Waals surface area contributed by atoms with E-state index in [0.29, 0.717) is 5.56 Å². The maximum atomic E-state index is 11.4. The molecule has 0 bridgehead atoms. The normalized spacial score (nSPS) is 10.4. The number of aromatic nitrogens is 1. The van der Waals surface area contributed by atoms with E-state index in [1.807, 2.05) is 18.2 Å². The molecule has 0 fully saturated rings. The van der Waals surface area contributed by atoms with Gasteiger partial charge in [0.2, 0.25) is 0 Å². The fourth-order valence-corrected chi connectivity index (χ4v) is 1.85. The number of nitrogens with one attached hydrogen (secondary N) is 1. The third-order valence-corrected chi connectivity index (χ3v) is 2.46. The highest BCUT2D eigenvalue weighted by Crippen LogP contribution is 2.22. The smallest absolute Gasteiger partial charge is 0.339 e. The summed E-state index contributed by atoms with van der Waals surface area (Å²) in [5.74, 6) is -0.329. The zero-order chi connectivity index (χ0) is 10.1. The number of fused-ring (bicyclic) bond motifs is 1. The van der Waals surface area contributed by atoms with Crippen LogP contribution in [-0.4, -0.2) is 18.1 Å². The van der Waals surface area contributed by atoms with Crippen LogP contribution in [0.3, 0.4) is 0 Å². The molecule has 3 nitrogen and oxygen atoms in total. The van der Waals surface area contributed by atoms with Crippen molar-refractivity contribution in [2.24, 2.45) is 0 Å². The zero-order valence-electron chi connectivity index (χ0n) is 7.50. The van der Waals surface area contributed by atoms with Crippen LogP contribution in [0.2, 0.25) is 0 Å². The number of benzene rings is 1. The maximum Gasteiger partial charge on any atom is 0.339 e. The number of carbonyl (C=O) groups is 1. The minimum atomic E-state index is -0.329. The van der Waals surface area contributed by atoms with E-state index in [-0.39, 0.29) is 5.97 Å². The SMILES string of the molecule is COC(=O)c1cccc2cc(Br)[nH]c12. The van der Waals surface area contributed by atoms with Crippen molar-refractivity contribution < 1.29 is 9.53 Å². The predicted octanol–water partition coefficient (Wildman–Crippen LogP) is 2.72. The number of halogens is 1. The number of methoxy groups -OCH3 is 1. The molecule has 0 aliphatic rings. The number of esters is 1. The van der Waals surface area contributed by atoms with Crippen LogP contribution >= 0.6 is 15.9 Å². The van der Waals surface area contributed by atoms with Crippen molar-refractivity contribution >= 4 is 32.8 Å². The summed E-state index contributed by atoms with van der Waals surface area (Å²) in [6.45, 7) is 0. The lowest BCUT2D eigenvalue weighted by atomic mass is 10.1. The van der Waals surface area contributed by atoms with Crippen LogP contribution in [0.25, 0.3) is 10.9 Å². The first kappa shape index (κ1) is 9.27. The summed E-state index contributed by atoms with van der Waals surface area (Å²) in [4.78, 5) is 14.4. The van der Waals surface area contributed by atoms with E-state index in [1.54, 1.807) is 6.07 Å². The van der Waals surface area contributed by atoms with Crippen LogP contribution in [0.4, 0.5) is 0 Å². The fraction of sp³-hybridized carbons (Fsp3) is 0.100. The van der Waals surface area contributed by atoms with Crippen LogP contribution in [0.1, 0.15) is 10.4 Å². The van der Waals surface area contributed by atoms with Gasteiger partial charge in [0.15, 0.2) is 0 Å². The van der Waals surface area contributed by atoms with E-state index in [2.05, 4.69) is 25.7 Å². The Morgan fingerprint density at radius 1 is 1.50 bits per heavy atom. The molecule has 4 heteroatoms. The molecular formula is C10H8BrNO2. The third-order valence-electron chi connectivity index (χ3n) is 2.03. The lowest BCUT2D eigenvalue weighted by molar-refractivity contribution is 0.0603. The second kappa shape index (κ2) is 3.46. The zero-order valence-corrected chi connectivity index (χ0v) is 9.09. The molecule has 0 aliphatic heterocycles. The Labute approximate surface area is 89.2 Å². The molecule has 2 aromatic rings. The van der Waals surface area contributed by atoms with Gasteiger partial charge in [-0.2, -0.15) is 0 Å². The molecule has 0 saturated carbocycles. The van der Waals surface area contributed by atoms with Gasteiger partial charge in [-0.1, -0.05) is 12.1 Å². The van der Waals surface area contributed by atoms with E-state index in [4.69, 9.17) is 0 Å². The molecule has 2 rings (SSSR count). The summed E-state index contributed by atoms with van der Waals surface area (Å²) in [5.41, 5.74) is 1.35. The Bertz CT molecular complexity index is 490. The monoisotopic (exact) mass is 253 g/mol. The van der Waals surface area contributed by atoms with Crippen molar-refractivity contribution in [2.45, 2.75) is 0 Å². The van der Waals surface area contributed by atoms with Crippen molar-refractivity contribution in [1.29, 1.82) is 0 Å². The molecule has 0 aliphatic carbocycles. The van der Waals surface area contributed by atoms with Gasteiger partial charge in [-0.05, 0) is 28.1 Å². The van der Waals surface area contributed by atoms with E-state index in [0.717, 1.165) is 15.5 Å². The first-order valence-electron chi connectivity index (χ1n) is 4.08. The topological polar surface area (TPSA) is 42.1 Å². The highest BCUT2D eigenvalue weighted by atomic mass is 79.9. The molecule has 0 saturated heterocycles. The van der Waals surface area contributed by atoms with Crippen LogP contribution in [-0.2, 0) is 4.74 Å². The second-order valence-electron chi connectivity index (χ2n) is 2.88. The van der Waals surface area contributed by atoms with E-state index in [1.165, 1.54) is 7.11 Å². The number of H-pyrrole nitrogens is 1. The molecule has 0 spiro atoms. The predicted molar refractivity (Wildman–Crippen MR) is 57.3 cm³/mol. The summed E-state index contributed by atoms with van der Waals surface area (Å²) < 4.78 is 5.53. The van der Waals surface area contributed by atoms with Gasteiger partial charge >= 0.3 is 5.97 Å². The first-order chi connectivity index (χ1) is 6.72. The van der Waals surface area contributed by atoms with Crippen molar-refractivity contribution in [2.75, 3.05) is 7.11 Å². The van der Waals surface area contributed by atoms with Gasteiger partial charge in [0.25, 0.3) is 0 Å². The number of carbonyl (C=O) groups excluding carboxylic acids is 1. The summed E-state index contributed by atoms with van der Waals surface area (Å²) in [5, 5.41) is 0.986. The quantitative estimate of drug-likeness (QED) is 0.795. The van der Waals surface area contributed by atoms with Crippen LogP contribution < -0.4 is 0 Å². The van der Waals surface area contributed by atoms with Crippen molar-refractivity contribution in [3.05, 3.63) is 34.4 Å². The number of rotatable bonds is 1. The molecule has 0 atom stereocenters. The van der Waals surface area contributed by atoms with Crippen LogP contribution in [0.15, 0.2) is 28.9 Å². The minimum absolute atomic E-state index is 0.329. The lowest BCUT2D eigenvalue weighted by Gasteiger charge is -1.99. The molecule has 14 heavy (non-hydrogen) atoms. The van der Waals surface area contributed by atoms with Gasteiger partial charge in [-0.15, -0.1) is 0 Å². The summed E-state index contributed by atoms with van der Waals surface area (Å²) in [7, 11) is 1.37. The largest absolute Gasteiger partial charge is 0.465 e. The van der Waals surface area contributed by atoms with E-state index >= 15 is 0 Å². The van der Waals surface area contributed by atoms with Crippen molar-refractivity contribution in [3.8, 4) is 0 Å². The number of hydrogen-bond donors (Lipinski definition) is 1. The molecule has 72 valence electrons. The Kier molecular flexibility index (Phi) is 2.29. The van der Waals surface area contributed by atoms with E-state index < -0.39 is 0 Å². The molecule has 1 aromatic carbocycles. The van der Waals surface area contributed by atoms with E-state index in [9.17, 15) is 4.79 Å². The lowest BCUT2D eigenvalue weighted by Crippen LogP contribution is -2.01. The number of aromatic amines is 1. The molecule has 0 unspecified atom stereocenters. The van der Waals surface area contributed by atoms with Gasteiger partial charge < -0.3 is 9.72 Å². The van der Waals surface area contributed by atoms with Gasteiger partial charge in [0.1, 0.15) is 0 Å². The van der Waals surface area contributed by atoms with Crippen LogP contribution in [0, 0.1) is 0 Å². The maximum absolute atomic E-state index is 11.4. The standard InChI is InChI=1S/C10H8BrNO2/c1-14-10(13)7-4-2-3-6-5-8(11)12-9(6)7/h2-5,12H,1H3. The van der Waals surface area contributed by atoms with Gasteiger partial charge in [0.05, 0.1) is 22.8 Å². The molecular weight excluding hydrogens is 246 g/mol. The third kappa shape index (κ3) is 1.42. The minimum Gasteiger partial charge on any atom is -0.465 e. The second-order valence-corrected chi connectivity index (χ2v) is 3.73. The summed E-state index contributed by atoms with van der Waals surface area (Å²) in [6, 6.07) is 7.41. The number of ether oxygens (including phenoxy) is 1. The molecule has 1 heterocycles. The number of para-hydroxylation sites is 1. The van der Waals surface area contributed by atoms with Gasteiger partial charge in [-0.3, -0.25) is 0 Å². The molecule has 0 radical (unpaired) electrons. The summed E-state index contributed by atoms with van der Waals surface area (Å²) >= 11 is 3.32. The Balaban J connectivity index is 2.70. The molecule has 0 amide bonds. The number of hydrogen-bond acceptors (Lipinski definition) is 2. The Hall–Kier alpha value is -1.29. The highest BCUT2D eigenvalue weighted by Gasteiger charge is 2.11. The Morgan fingerprint density at radius 2 is 2.29 bits per heavy atom. The molecule has 1 N–H and O–H groups in total. The summed E-state index contributed by atoms with van der Waals surface area (Å²) in [6.07, 6.45) is 0. The fourth-order valence-electron chi connectivity index (χ4n) is 1.40. The Morgan fingerprint density at radius 3 is 3.00 bits per heavy atom. The van der Waals surface area contributed by atoms with Gasteiger partial charge in [-0.25, -0.2) is 4.79 Å².